The van der Waals surface area contributed by atoms with Crippen LogP contribution < -0.4 is 5.69 Å². The first-order valence-corrected chi connectivity index (χ1v) is 12.5. The molecule has 0 saturated heterocycles. The number of aromatic nitrogens is 7. The summed E-state index contributed by atoms with van der Waals surface area (Å²) in [7, 11) is 0. The number of aromatic carboxylic acids is 1. The van der Waals surface area contributed by atoms with E-state index < -0.39 is 11.7 Å². The van der Waals surface area contributed by atoms with E-state index in [4.69, 9.17) is 11.6 Å². The van der Waals surface area contributed by atoms with E-state index in [9.17, 15) is 14.7 Å². The Morgan fingerprint density at radius 1 is 1.03 bits per heavy atom. The summed E-state index contributed by atoms with van der Waals surface area (Å²) < 4.78 is 2.68. The largest absolute Gasteiger partial charge is 0.478 e. The second-order valence-corrected chi connectivity index (χ2v) is 9.13. The van der Waals surface area contributed by atoms with Crippen LogP contribution in [0, 0.1) is 0 Å². The van der Waals surface area contributed by atoms with Crippen LogP contribution in [-0.2, 0) is 13.0 Å². The summed E-state index contributed by atoms with van der Waals surface area (Å²) in [5.74, 6) is -0.111. The molecule has 38 heavy (non-hydrogen) atoms. The van der Waals surface area contributed by atoms with Crippen molar-refractivity contribution < 1.29 is 9.90 Å². The predicted molar refractivity (Wildman–Crippen MR) is 143 cm³/mol. The molecule has 5 aromatic rings. The van der Waals surface area contributed by atoms with Crippen molar-refractivity contribution in [2.45, 2.75) is 32.7 Å². The van der Waals surface area contributed by atoms with Crippen LogP contribution in [0.2, 0.25) is 5.02 Å². The molecule has 192 valence electrons. The molecular formula is C27H24ClN7O3. The van der Waals surface area contributed by atoms with Gasteiger partial charge in [-0.2, -0.15) is 9.90 Å². The lowest BCUT2D eigenvalue weighted by atomic mass is 9.98. The monoisotopic (exact) mass is 529 g/mol. The normalized spacial score (nSPS) is 11.1. The smallest absolute Gasteiger partial charge is 0.351 e. The van der Waals surface area contributed by atoms with Gasteiger partial charge in [0.15, 0.2) is 0 Å². The minimum Gasteiger partial charge on any atom is -0.478 e. The Morgan fingerprint density at radius 2 is 1.79 bits per heavy atom. The molecule has 3 aromatic carbocycles. The maximum absolute atomic E-state index is 13.5. The van der Waals surface area contributed by atoms with Crippen LogP contribution in [0.15, 0.2) is 71.5 Å². The predicted octanol–water partition coefficient (Wildman–Crippen LogP) is 4.62. The van der Waals surface area contributed by atoms with Crippen molar-refractivity contribution >= 4 is 17.6 Å². The minimum atomic E-state index is -1.18. The van der Waals surface area contributed by atoms with Crippen molar-refractivity contribution in [2.24, 2.45) is 0 Å². The van der Waals surface area contributed by atoms with E-state index in [0.29, 0.717) is 18.1 Å². The fraction of sp³-hybridized carbons (Fsp3) is 0.185. The lowest BCUT2D eigenvalue weighted by molar-refractivity contribution is 0.0696. The number of H-pyrrole nitrogens is 1. The Labute approximate surface area is 222 Å². The van der Waals surface area contributed by atoms with Gasteiger partial charge in [0.1, 0.15) is 11.5 Å². The number of benzene rings is 3. The summed E-state index contributed by atoms with van der Waals surface area (Å²) in [6.07, 6.45) is 2.32. The fourth-order valence-electron chi connectivity index (χ4n) is 4.34. The van der Waals surface area contributed by atoms with Crippen molar-refractivity contribution in [3.63, 3.8) is 0 Å². The molecule has 2 aromatic heterocycles. The molecule has 0 radical (unpaired) electrons. The number of hydrogen-bond donors (Lipinski definition) is 2. The average molecular weight is 530 g/mol. The van der Waals surface area contributed by atoms with Gasteiger partial charge in [-0.05, 0) is 40.5 Å². The van der Waals surface area contributed by atoms with Gasteiger partial charge in [-0.1, -0.05) is 79.5 Å². The minimum absolute atomic E-state index is 0.0663. The number of aromatic amines is 1. The number of nitrogens with zero attached hydrogens (tertiary/aromatic N) is 6. The van der Waals surface area contributed by atoms with Gasteiger partial charge in [0, 0.05) is 12.0 Å². The van der Waals surface area contributed by atoms with Crippen LogP contribution in [0.5, 0.6) is 0 Å². The lowest BCUT2D eigenvalue weighted by Gasteiger charge is -2.09. The van der Waals surface area contributed by atoms with E-state index in [1.54, 1.807) is 10.6 Å². The van der Waals surface area contributed by atoms with Gasteiger partial charge in [0.05, 0.1) is 17.1 Å². The summed E-state index contributed by atoms with van der Waals surface area (Å²) in [6.45, 7) is 2.33. The molecule has 0 aliphatic rings. The van der Waals surface area contributed by atoms with Crippen molar-refractivity contribution in [3.8, 4) is 28.2 Å². The number of halogens is 1. The summed E-state index contributed by atoms with van der Waals surface area (Å²) >= 11 is 6.34. The Hall–Kier alpha value is -4.57. The molecule has 0 aliphatic carbocycles. The molecule has 0 fully saturated rings. The highest BCUT2D eigenvalue weighted by Gasteiger charge is 2.22. The highest BCUT2D eigenvalue weighted by molar-refractivity contribution is 6.33. The molecule has 5 rings (SSSR count). The van der Waals surface area contributed by atoms with Crippen molar-refractivity contribution in [3.05, 3.63) is 99.2 Å². The summed E-state index contributed by atoms with van der Waals surface area (Å²) in [6, 6.07) is 20.1. The molecule has 0 aliphatic heterocycles. The molecule has 2 N–H and O–H groups in total. The second-order valence-electron chi connectivity index (χ2n) is 8.72. The van der Waals surface area contributed by atoms with E-state index in [1.807, 2.05) is 48.5 Å². The first kappa shape index (κ1) is 25.1. The van der Waals surface area contributed by atoms with E-state index in [2.05, 4.69) is 32.6 Å². The summed E-state index contributed by atoms with van der Waals surface area (Å²) in [5, 5.41) is 28.7. The van der Waals surface area contributed by atoms with Crippen molar-refractivity contribution in [2.75, 3.05) is 0 Å². The lowest BCUT2D eigenvalue weighted by Crippen LogP contribution is -2.26. The first-order chi connectivity index (χ1) is 18.5. The van der Waals surface area contributed by atoms with Gasteiger partial charge in [-0.15, -0.1) is 15.3 Å². The SMILES string of the molecule is CCCCc1nn(-c2c(Cl)cccc2C(=O)O)c(=O)n1Cc1ccc(-c2ccccc2-c2nn[nH]n2)cc1. The number of hydrogen-bond acceptors (Lipinski definition) is 6. The second kappa shape index (κ2) is 10.8. The summed E-state index contributed by atoms with van der Waals surface area (Å²) in [4.78, 5) is 25.4. The molecule has 2 heterocycles. The molecule has 11 heteroatoms. The van der Waals surface area contributed by atoms with E-state index >= 15 is 0 Å². The first-order valence-electron chi connectivity index (χ1n) is 12.1. The Kier molecular flexibility index (Phi) is 7.14. The van der Waals surface area contributed by atoms with Crippen molar-refractivity contribution in [1.82, 2.24) is 35.0 Å². The van der Waals surface area contributed by atoms with Gasteiger partial charge >= 0.3 is 11.7 Å². The van der Waals surface area contributed by atoms with Gasteiger partial charge in [-0.25, -0.2) is 9.59 Å². The number of nitrogens with one attached hydrogen (secondary N) is 1. The number of para-hydroxylation sites is 1. The third kappa shape index (κ3) is 4.85. The number of carbonyl (C=O) groups is 1. The Morgan fingerprint density at radius 3 is 2.47 bits per heavy atom. The third-order valence-electron chi connectivity index (χ3n) is 6.24. The third-order valence-corrected chi connectivity index (χ3v) is 6.55. The van der Waals surface area contributed by atoms with Crippen LogP contribution in [0.3, 0.4) is 0 Å². The van der Waals surface area contributed by atoms with E-state index in [1.165, 1.54) is 12.1 Å². The topological polar surface area (TPSA) is 132 Å². The average Bonchev–Trinajstić information content (AvgIpc) is 3.57. The number of carboxylic acids is 1. The van der Waals surface area contributed by atoms with Crippen LogP contribution in [0.25, 0.3) is 28.2 Å². The number of tetrazole rings is 1. The van der Waals surface area contributed by atoms with E-state index in [0.717, 1.165) is 39.8 Å². The highest BCUT2D eigenvalue weighted by Crippen LogP contribution is 2.30. The van der Waals surface area contributed by atoms with Gasteiger partial charge in [-0.3, -0.25) is 4.57 Å². The zero-order valence-electron chi connectivity index (χ0n) is 20.5. The molecule has 0 saturated carbocycles. The van der Waals surface area contributed by atoms with Crippen molar-refractivity contribution in [1.29, 1.82) is 0 Å². The number of unbranched alkanes of at least 4 members (excludes halogenated alkanes) is 1. The molecular weight excluding hydrogens is 506 g/mol. The molecule has 0 unspecified atom stereocenters. The maximum atomic E-state index is 13.5. The Balaban J connectivity index is 1.51. The zero-order chi connectivity index (χ0) is 26.6. The number of aryl methyl sites for hydroxylation is 1. The van der Waals surface area contributed by atoms with Crippen LogP contribution in [-0.4, -0.2) is 46.0 Å². The number of rotatable bonds is 9. The molecule has 0 amide bonds. The number of carboxylic acid groups (broad SMARTS) is 1. The molecule has 0 atom stereocenters. The van der Waals surface area contributed by atoms with E-state index in [-0.39, 0.29) is 22.8 Å². The fourth-order valence-corrected chi connectivity index (χ4v) is 4.60. The standard InChI is InChI=1S/C27H24ClN7O3/c1-2-3-11-23-31-35(24-21(26(36)37)9-6-10-22(24)28)27(38)34(23)16-17-12-14-18(15-13-17)19-7-4-5-8-20(19)25-29-32-33-30-25/h4-10,12-15H,2-3,11,16H2,1H3,(H,36,37)(H,29,30,32,33). The van der Waals surface area contributed by atoms with Gasteiger partial charge < -0.3 is 5.11 Å². The Bertz CT molecular complexity index is 1640. The van der Waals surface area contributed by atoms with Crippen LogP contribution in [0.4, 0.5) is 0 Å². The quantitative estimate of drug-likeness (QED) is 0.284. The zero-order valence-corrected chi connectivity index (χ0v) is 21.3. The van der Waals surface area contributed by atoms with Crippen LogP contribution in [0.1, 0.15) is 41.5 Å². The van der Waals surface area contributed by atoms with Gasteiger partial charge in [0.2, 0.25) is 5.82 Å². The molecule has 10 nitrogen and oxygen atoms in total. The molecule has 0 spiro atoms. The van der Waals surface area contributed by atoms with Gasteiger partial charge in [0.25, 0.3) is 0 Å². The summed E-state index contributed by atoms with van der Waals surface area (Å²) in [5.41, 5.74) is 3.19. The molecule has 0 bridgehead atoms. The highest BCUT2D eigenvalue weighted by atomic mass is 35.5. The van der Waals surface area contributed by atoms with Crippen LogP contribution >= 0.6 is 11.6 Å². The maximum Gasteiger partial charge on any atom is 0.351 e.